The van der Waals surface area contributed by atoms with E-state index in [2.05, 4.69) is 10.3 Å². The molecule has 0 aliphatic heterocycles. The Morgan fingerprint density at radius 3 is 2.52 bits per heavy atom. The SMILES string of the molecule is COC(=O)c1c(C)[nH]c(C(=O)[C@@H](C)N(C)CC(=O)Nc2ccccc2SC)c1C. The lowest BCUT2D eigenvalue weighted by Gasteiger charge is -2.23. The van der Waals surface area contributed by atoms with Crippen LogP contribution in [0.25, 0.3) is 0 Å². The van der Waals surface area contributed by atoms with Crippen LogP contribution in [0.3, 0.4) is 0 Å². The van der Waals surface area contributed by atoms with Crippen LogP contribution in [0.15, 0.2) is 29.2 Å². The fourth-order valence-corrected chi connectivity index (χ4v) is 3.67. The highest BCUT2D eigenvalue weighted by molar-refractivity contribution is 7.98. The van der Waals surface area contributed by atoms with Gasteiger partial charge in [-0.3, -0.25) is 14.5 Å². The molecule has 1 atom stereocenters. The minimum Gasteiger partial charge on any atom is -0.465 e. The molecule has 0 aliphatic rings. The van der Waals surface area contributed by atoms with Crippen LogP contribution in [-0.4, -0.2) is 60.5 Å². The van der Waals surface area contributed by atoms with Gasteiger partial charge >= 0.3 is 5.97 Å². The van der Waals surface area contributed by atoms with Crippen molar-refractivity contribution >= 4 is 35.1 Å². The summed E-state index contributed by atoms with van der Waals surface area (Å²) in [5.74, 6) is -0.882. The minimum atomic E-state index is -0.557. The number of amides is 1. The number of aromatic nitrogens is 1. The lowest BCUT2D eigenvalue weighted by molar-refractivity contribution is -0.117. The van der Waals surface area contributed by atoms with Gasteiger partial charge in [0.25, 0.3) is 0 Å². The molecule has 1 aromatic carbocycles. The van der Waals surface area contributed by atoms with Crippen molar-refractivity contribution in [2.75, 3.05) is 32.3 Å². The van der Waals surface area contributed by atoms with Crippen LogP contribution in [-0.2, 0) is 9.53 Å². The van der Waals surface area contributed by atoms with Crippen molar-refractivity contribution in [1.82, 2.24) is 9.88 Å². The van der Waals surface area contributed by atoms with E-state index in [1.54, 1.807) is 44.5 Å². The number of aryl methyl sites for hydroxylation is 1. The highest BCUT2D eigenvalue weighted by Gasteiger charge is 2.28. The number of rotatable bonds is 8. The summed E-state index contributed by atoms with van der Waals surface area (Å²) in [5, 5.41) is 2.89. The van der Waals surface area contributed by atoms with Gasteiger partial charge in [0.05, 0.1) is 36.6 Å². The molecule has 8 heteroatoms. The summed E-state index contributed by atoms with van der Waals surface area (Å²) >= 11 is 1.55. The number of esters is 1. The predicted octanol–water partition coefficient (Wildman–Crippen LogP) is 3.28. The predicted molar refractivity (Wildman–Crippen MR) is 115 cm³/mol. The maximum absolute atomic E-state index is 13.0. The molecule has 0 spiro atoms. The molecule has 0 bridgehead atoms. The highest BCUT2D eigenvalue weighted by atomic mass is 32.2. The second-order valence-electron chi connectivity index (χ2n) is 6.82. The van der Waals surface area contributed by atoms with Crippen LogP contribution in [0.4, 0.5) is 5.69 Å². The Morgan fingerprint density at radius 1 is 1.24 bits per heavy atom. The third-order valence-electron chi connectivity index (χ3n) is 4.89. The average molecular weight is 418 g/mol. The molecule has 0 saturated carbocycles. The van der Waals surface area contributed by atoms with E-state index in [0.29, 0.717) is 22.5 Å². The molecular formula is C21H27N3O4S. The molecule has 0 unspecified atom stereocenters. The van der Waals surface area contributed by atoms with Crippen LogP contribution in [0.5, 0.6) is 0 Å². The van der Waals surface area contributed by atoms with E-state index in [9.17, 15) is 14.4 Å². The topological polar surface area (TPSA) is 91.5 Å². The van der Waals surface area contributed by atoms with Gasteiger partial charge in [-0.15, -0.1) is 11.8 Å². The number of thioether (sulfide) groups is 1. The van der Waals surface area contributed by atoms with Crippen LogP contribution in [0.2, 0.25) is 0 Å². The molecule has 0 aliphatic carbocycles. The maximum Gasteiger partial charge on any atom is 0.339 e. The van der Waals surface area contributed by atoms with Gasteiger partial charge in [-0.1, -0.05) is 12.1 Å². The Bertz CT molecular complexity index is 923. The molecule has 1 aromatic heterocycles. The quantitative estimate of drug-likeness (QED) is 0.389. The minimum absolute atomic E-state index is 0.0538. The summed E-state index contributed by atoms with van der Waals surface area (Å²) in [6.07, 6.45) is 1.95. The largest absolute Gasteiger partial charge is 0.465 e. The zero-order valence-corrected chi connectivity index (χ0v) is 18.4. The number of likely N-dealkylation sites (N-methyl/N-ethyl adjacent to an activating group) is 1. The van der Waals surface area contributed by atoms with E-state index in [4.69, 9.17) is 4.74 Å². The number of para-hydroxylation sites is 1. The fraction of sp³-hybridized carbons (Fsp3) is 0.381. The Balaban J connectivity index is 2.10. The lowest BCUT2D eigenvalue weighted by atomic mass is 10.0. The second kappa shape index (κ2) is 9.76. The van der Waals surface area contributed by atoms with Gasteiger partial charge < -0.3 is 15.0 Å². The van der Waals surface area contributed by atoms with Gasteiger partial charge in [-0.2, -0.15) is 0 Å². The first kappa shape index (κ1) is 22.7. The van der Waals surface area contributed by atoms with Crippen LogP contribution in [0, 0.1) is 13.8 Å². The third kappa shape index (κ3) is 5.07. The molecule has 2 aromatic rings. The molecule has 2 rings (SSSR count). The lowest BCUT2D eigenvalue weighted by Crippen LogP contribution is -2.41. The van der Waals surface area contributed by atoms with Crippen molar-refractivity contribution in [3.8, 4) is 0 Å². The molecule has 7 nitrogen and oxygen atoms in total. The zero-order valence-electron chi connectivity index (χ0n) is 17.6. The number of nitrogens with zero attached hydrogens (tertiary/aromatic N) is 1. The van der Waals surface area contributed by atoms with Crippen LogP contribution in [0.1, 0.15) is 39.0 Å². The van der Waals surface area contributed by atoms with E-state index < -0.39 is 12.0 Å². The molecule has 0 saturated heterocycles. The second-order valence-corrected chi connectivity index (χ2v) is 7.67. The Labute approximate surface area is 175 Å². The van der Waals surface area contributed by atoms with Crippen LogP contribution >= 0.6 is 11.8 Å². The standard InChI is InChI=1S/C21H27N3O4S/c1-12-18(21(27)28-5)13(2)22-19(12)20(26)14(3)24(4)11-17(25)23-15-9-7-8-10-16(15)29-6/h7-10,14,22H,11H2,1-6H3,(H,23,25)/t14-/m1/s1. The molecule has 156 valence electrons. The summed E-state index contributed by atoms with van der Waals surface area (Å²) < 4.78 is 4.79. The van der Waals surface area contributed by atoms with E-state index in [-0.39, 0.29) is 18.2 Å². The number of aromatic amines is 1. The maximum atomic E-state index is 13.0. The highest BCUT2D eigenvalue weighted by Crippen LogP contribution is 2.25. The summed E-state index contributed by atoms with van der Waals surface area (Å²) in [6, 6.07) is 7.00. The molecule has 0 fully saturated rings. The molecule has 29 heavy (non-hydrogen) atoms. The van der Waals surface area contributed by atoms with Crippen molar-refractivity contribution in [2.45, 2.75) is 31.7 Å². The van der Waals surface area contributed by atoms with Gasteiger partial charge in [0, 0.05) is 10.6 Å². The number of Topliss-reactive ketones (excluding diaryl/α,β-unsaturated/α-hetero) is 1. The van der Waals surface area contributed by atoms with Crippen molar-refractivity contribution in [2.24, 2.45) is 0 Å². The monoisotopic (exact) mass is 417 g/mol. The number of methoxy groups -OCH3 is 1. The third-order valence-corrected chi connectivity index (χ3v) is 5.68. The summed E-state index contributed by atoms with van der Waals surface area (Å²) in [7, 11) is 3.02. The number of ether oxygens (including phenoxy) is 1. The summed E-state index contributed by atoms with van der Waals surface area (Å²) in [6.45, 7) is 5.22. The molecule has 0 radical (unpaired) electrons. The number of H-pyrrole nitrogens is 1. The zero-order chi connectivity index (χ0) is 21.7. The normalized spacial score (nSPS) is 12.0. The van der Waals surface area contributed by atoms with E-state index >= 15 is 0 Å². The smallest absolute Gasteiger partial charge is 0.339 e. The van der Waals surface area contributed by atoms with Crippen LogP contribution < -0.4 is 5.32 Å². The number of hydrogen-bond acceptors (Lipinski definition) is 6. The van der Waals surface area contributed by atoms with Gasteiger partial charge in [-0.25, -0.2) is 4.79 Å². The number of carbonyl (C=O) groups is 3. The summed E-state index contributed by atoms with van der Waals surface area (Å²) in [5.41, 5.74) is 2.61. The van der Waals surface area contributed by atoms with Gasteiger partial charge in [0.2, 0.25) is 5.91 Å². The number of ketones is 1. The first-order valence-electron chi connectivity index (χ1n) is 9.16. The first-order chi connectivity index (χ1) is 13.7. The van der Waals surface area contributed by atoms with E-state index in [0.717, 1.165) is 10.6 Å². The Hall–Kier alpha value is -2.58. The fourth-order valence-electron chi connectivity index (χ4n) is 3.11. The van der Waals surface area contributed by atoms with Crippen molar-refractivity contribution in [1.29, 1.82) is 0 Å². The molecule has 1 heterocycles. The van der Waals surface area contributed by atoms with Crippen molar-refractivity contribution < 1.29 is 19.1 Å². The molecule has 2 N–H and O–H groups in total. The number of nitrogens with one attached hydrogen (secondary N) is 2. The van der Waals surface area contributed by atoms with Gasteiger partial charge in [0.1, 0.15) is 0 Å². The van der Waals surface area contributed by atoms with Crippen molar-refractivity contribution in [3.05, 3.63) is 46.8 Å². The first-order valence-corrected chi connectivity index (χ1v) is 10.4. The van der Waals surface area contributed by atoms with Gasteiger partial charge in [-0.05, 0) is 51.8 Å². The number of benzene rings is 1. The summed E-state index contributed by atoms with van der Waals surface area (Å²) in [4.78, 5) is 43.0. The Kier molecular flexibility index (Phi) is 7.64. The molecular weight excluding hydrogens is 390 g/mol. The Morgan fingerprint density at radius 2 is 1.90 bits per heavy atom. The number of anilines is 1. The molecule has 1 amide bonds. The van der Waals surface area contributed by atoms with Crippen molar-refractivity contribution in [3.63, 3.8) is 0 Å². The van der Waals surface area contributed by atoms with Gasteiger partial charge in [0.15, 0.2) is 5.78 Å². The number of carbonyl (C=O) groups excluding carboxylic acids is 3. The average Bonchev–Trinajstić information content (AvgIpc) is 3.00. The van der Waals surface area contributed by atoms with E-state index in [1.165, 1.54) is 7.11 Å². The van der Waals surface area contributed by atoms with E-state index in [1.807, 2.05) is 30.5 Å². The number of hydrogen-bond donors (Lipinski definition) is 2.